The van der Waals surface area contributed by atoms with Crippen molar-refractivity contribution in [1.29, 1.82) is 0 Å². The van der Waals surface area contributed by atoms with Crippen molar-refractivity contribution in [3.05, 3.63) is 35.9 Å². The van der Waals surface area contributed by atoms with Gasteiger partial charge in [-0.1, -0.05) is 36.8 Å². The van der Waals surface area contributed by atoms with Crippen LogP contribution in [0, 0.1) is 17.8 Å². The number of benzene rings is 1. The summed E-state index contributed by atoms with van der Waals surface area (Å²) >= 11 is 0. The van der Waals surface area contributed by atoms with Crippen molar-refractivity contribution in [3.63, 3.8) is 0 Å². The molecule has 178 valence electrons. The summed E-state index contributed by atoms with van der Waals surface area (Å²) in [5.41, 5.74) is 5.62. The fraction of sp³-hybridized carbons (Fsp3) is 0.680. The van der Waals surface area contributed by atoms with E-state index in [1.807, 2.05) is 18.2 Å². The molecule has 0 bridgehead atoms. The Hall–Kier alpha value is -1.96. The Kier molecular flexibility index (Phi) is 9.96. The van der Waals surface area contributed by atoms with E-state index in [9.17, 15) is 4.79 Å². The molecule has 1 aromatic rings. The predicted molar refractivity (Wildman–Crippen MR) is 123 cm³/mol. The van der Waals surface area contributed by atoms with Crippen LogP contribution in [0.15, 0.2) is 35.4 Å². The number of carbonyl (C=O) groups is 1. The lowest BCUT2D eigenvalue weighted by molar-refractivity contribution is -0.146. The number of hydrogen-bond acceptors (Lipinski definition) is 7. The third-order valence-electron chi connectivity index (χ3n) is 6.68. The Balaban J connectivity index is 1.56. The molecule has 0 aromatic heterocycles. The molecule has 2 fully saturated rings. The molecule has 7 nitrogen and oxygen atoms in total. The standard InChI is InChI=1S/C25H38N2O5/c1-29-24(28)20-10-7-11-21(15-20)26-27-23-13-12-19(14-22(23)25(30-2)31-3)17-32-16-18-8-5-4-6-9-18/h4-6,8-9,19-22,25-26H,7,10-17H2,1-3H3. The van der Waals surface area contributed by atoms with E-state index < -0.39 is 0 Å². The van der Waals surface area contributed by atoms with Gasteiger partial charge < -0.3 is 24.4 Å². The van der Waals surface area contributed by atoms with Crippen molar-refractivity contribution in [1.82, 2.24) is 5.43 Å². The number of hydrazone groups is 1. The van der Waals surface area contributed by atoms with Crippen molar-refractivity contribution >= 4 is 11.7 Å². The summed E-state index contributed by atoms with van der Waals surface area (Å²) in [6, 6.07) is 10.4. The molecule has 4 atom stereocenters. The first-order valence-corrected chi connectivity index (χ1v) is 11.7. The minimum Gasteiger partial charge on any atom is -0.469 e. The van der Waals surface area contributed by atoms with Crippen molar-refractivity contribution in [2.24, 2.45) is 22.9 Å². The van der Waals surface area contributed by atoms with Gasteiger partial charge in [0.05, 0.1) is 25.6 Å². The zero-order chi connectivity index (χ0) is 22.8. The average molecular weight is 447 g/mol. The Bertz CT molecular complexity index is 722. The molecule has 0 heterocycles. The van der Waals surface area contributed by atoms with Crippen LogP contribution in [0.3, 0.4) is 0 Å². The van der Waals surface area contributed by atoms with Crippen molar-refractivity contribution in [3.8, 4) is 0 Å². The second-order valence-corrected chi connectivity index (χ2v) is 8.90. The first-order valence-electron chi connectivity index (χ1n) is 11.7. The molecule has 2 aliphatic rings. The topological polar surface area (TPSA) is 78.4 Å². The summed E-state index contributed by atoms with van der Waals surface area (Å²) in [5, 5.41) is 4.80. The normalized spacial score (nSPS) is 27.4. The van der Waals surface area contributed by atoms with Gasteiger partial charge >= 0.3 is 5.97 Å². The molecule has 1 N–H and O–H groups in total. The summed E-state index contributed by atoms with van der Waals surface area (Å²) < 4.78 is 22.2. The largest absolute Gasteiger partial charge is 0.469 e. The molecule has 0 spiro atoms. The van der Waals surface area contributed by atoms with Crippen LogP contribution in [-0.2, 0) is 30.3 Å². The minimum atomic E-state index is -0.332. The van der Waals surface area contributed by atoms with Crippen molar-refractivity contribution < 1.29 is 23.7 Å². The summed E-state index contributed by atoms with van der Waals surface area (Å²) in [7, 11) is 4.81. The second-order valence-electron chi connectivity index (χ2n) is 8.90. The number of methoxy groups -OCH3 is 3. The predicted octanol–water partition coefficient (Wildman–Crippen LogP) is 3.92. The van der Waals surface area contributed by atoms with E-state index in [4.69, 9.17) is 24.0 Å². The number of ether oxygens (including phenoxy) is 4. The molecule has 0 amide bonds. The van der Waals surface area contributed by atoms with Gasteiger partial charge in [0.25, 0.3) is 0 Å². The van der Waals surface area contributed by atoms with E-state index in [1.165, 1.54) is 12.7 Å². The van der Waals surface area contributed by atoms with E-state index in [-0.39, 0.29) is 30.1 Å². The molecule has 2 aliphatic carbocycles. The molecular formula is C25H38N2O5. The summed E-state index contributed by atoms with van der Waals surface area (Å²) in [6.45, 7) is 1.35. The van der Waals surface area contributed by atoms with Gasteiger partial charge in [-0.25, -0.2) is 0 Å². The maximum absolute atomic E-state index is 11.9. The summed E-state index contributed by atoms with van der Waals surface area (Å²) in [4.78, 5) is 11.9. The third kappa shape index (κ3) is 7.02. The Morgan fingerprint density at radius 1 is 1.09 bits per heavy atom. The first-order chi connectivity index (χ1) is 15.6. The number of rotatable bonds is 10. The Labute approximate surface area is 191 Å². The highest BCUT2D eigenvalue weighted by Crippen LogP contribution is 2.32. The third-order valence-corrected chi connectivity index (χ3v) is 6.68. The molecule has 3 rings (SSSR count). The monoisotopic (exact) mass is 446 g/mol. The van der Waals surface area contributed by atoms with Crippen LogP contribution in [-0.4, -0.2) is 51.9 Å². The highest BCUT2D eigenvalue weighted by Gasteiger charge is 2.34. The molecule has 32 heavy (non-hydrogen) atoms. The number of esters is 1. The van der Waals surface area contributed by atoms with E-state index in [2.05, 4.69) is 17.6 Å². The van der Waals surface area contributed by atoms with E-state index in [0.717, 1.165) is 57.3 Å². The van der Waals surface area contributed by atoms with Gasteiger partial charge in [-0.15, -0.1) is 0 Å². The number of carbonyl (C=O) groups excluding carboxylic acids is 1. The van der Waals surface area contributed by atoms with Crippen LogP contribution in [0.1, 0.15) is 50.5 Å². The van der Waals surface area contributed by atoms with E-state index >= 15 is 0 Å². The van der Waals surface area contributed by atoms with Gasteiger partial charge in [0.2, 0.25) is 0 Å². The minimum absolute atomic E-state index is 0.0366. The molecular weight excluding hydrogens is 408 g/mol. The zero-order valence-corrected chi connectivity index (χ0v) is 19.6. The second kappa shape index (κ2) is 12.9. The summed E-state index contributed by atoms with van der Waals surface area (Å²) in [6.07, 6.45) is 6.17. The van der Waals surface area contributed by atoms with Gasteiger partial charge in [-0.3, -0.25) is 4.79 Å². The van der Waals surface area contributed by atoms with E-state index in [0.29, 0.717) is 12.5 Å². The highest BCUT2D eigenvalue weighted by molar-refractivity contribution is 5.87. The van der Waals surface area contributed by atoms with Crippen molar-refractivity contribution in [2.45, 2.75) is 63.9 Å². The highest BCUT2D eigenvalue weighted by atomic mass is 16.7. The SMILES string of the molecule is COC(=O)C1CCCC(NN=C2CCC(COCc3ccccc3)CC2C(OC)OC)C1. The number of hydrogen-bond donors (Lipinski definition) is 1. The fourth-order valence-corrected chi connectivity index (χ4v) is 4.91. The zero-order valence-electron chi connectivity index (χ0n) is 19.6. The van der Waals surface area contributed by atoms with Crippen LogP contribution in [0.4, 0.5) is 0 Å². The van der Waals surface area contributed by atoms with Gasteiger partial charge in [0, 0.05) is 32.6 Å². The van der Waals surface area contributed by atoms with Crippen LogP contribution in [0.5, 0.6) is 0 Å². The molecule has 0 radical (unpaired) electrons. The van der Waals surface area contributed by atoms with Gasteiger partial charge in [-0.2, -0.15) is 5.10 Å². The molecule has 2 saturated carbocycles. The molecule has 4 unspecified atom stereocenters. The van der Waals surface area contributed by atoms with Gasteiger partial charge in [0.1, 0.15) is 0 Å². The molecule has 0 saturated heterocycles. The Morgan fingerprint density at radius 2 is 1.88 bits per heavy atom. The molecule has 0 aliphatic heterocycles. The lowest BCUT2D eigenvalue weighted by atomic mass is 9.79. The lowest BCUT2D eigenvalue weighted by Crippen LogP contribution is -2.40. The summed E-state index contributed by atoms with van der Waals surface area (Å²) in [5.74, 6) is 0.368. The van der Waals surface area contributed by atoms with Gasteiger partial charge in [0.15, 0.2) is 6.29 Å². The number of nitrogens with one attached hydrogen (secondary N) is 1. The smallest absolute Gasteiger partial charge is 0.308 e. The molecule has 7 heteroatoms. The quantitative estimate of drug-likeness (QED) is 0.333. The van der Waals surface area contributed by atoms with E-state index in [1.54, 1.807) is 14.2 Å². The fourth-order valence-electron chi connectivity index (χ4n) is 4.91. The van der Waals surface area contributed by atoms with Crippen LogP contribution >= 0.6 is 0 Å². The maximum atomic E-state index is 11.9. The van der Waals surface area contributed by atoms with Crippen molar-refractivity contribution in [2.75, 3.05) is 27.9 Å². The van der Waals surface area contributed by atoms with Crippen LogP contribution in [0.2, 0.25) is 0 Å². The Morgan fingerprint density at radius 3 is 2.59 bits per heavy atom. The average Bonchev–Trinajstić information content (AvgIpc) is 2.84. The lowest BCUT2D eigenvalue weighted by Gasteiger charge is -2.35. The molecule has 1 aromatic carbocycles. The number of nitrogens with zero attached hydrogens (tertiary/aromatic N) is 1. The van der Waals surface area contributed by atoms with Crippen LogP contribution in [0.25, 0.3) is 0 Å². The van der Waals surface area contributed by atoms with Crippen LogP contribution < -0.4 is 5.43 Å². The van der Waals surface area contributed by atoms with Gasteiger partial charge in [-0.05, 0) is 50.0 Å². The first kappa shape index (κ1) is 24.7. The maximum Gasteiger partial charge on any atom is 0.308 e.